The van der Waals surface area contributed by atoms with Crippen LogP contribution < -0.4 is 38.3 Å². The zero-order chi connectivity index (χ0) is 29.5. The number of urea groups is 1. The number of anilines is 5. The second-order valence-corrected chi connectivity index (χ2v) is 9.51. The van der Waals surface area contributed by atoms with Crippen LogP contribution in [0.4, 0.5) is 33.4 Å². The molecule has 4 aromatic rings. The summed E-state index contributed by atoms with van der Waals surface area (Å²) >= 11 is 0. The van der Waals surface area contributed by atoms with Gasteiger partial charge in [0.2, 0.25) is 5.91 Å². The summed E-state index contributed by atoms with van der Waals surface area (Å²) < 4.78 is 1.29. The first-order chi connectivity index (χ1) is 19.6. The first-order valence-electron chi connectivity index (χ1n) is 12.7. The van der Waals surface area contributed by atoms with Crippen molar-refractivity contribution in [2.45, 2.75) is 26.4 Å². The number of aromatic nitrogens is 2. The minimum absolute atomic E-state index is 0.0746. The fourth-order valence-electron chi connectivity index (χ4n) is 4.01. The normalized spacial score (nSPS) is 10.6. The Morgan fingerprint density at radius 2 is 1.59 bits per heavy atom. The molecule has 0 saturated heterocycles. The summed E-state index contributed by atoms with van der Waals surface area (Å²) in [5.74, 6) is -0.462. The van der Waals surface area contributed by atoms with E-state index in [0.29, 0.717) is 39.6 Å². The summed E-state index contributed by atoms with van der Waals surface area (Å²) in [5.41, 5.74) is 14.3. The number of hydrogen-bond acceptors (Lipinski definition) is 7. The molecule has 3 amide bonds. The lowest BCUT2D eigenvalue weighted by Gasteiger charge is -2.17. The van der Waals surface area contributed by atoms with E-state index in [2.05, 4.69) is 26.3 Å². The van der Waals surface area contributed by atoms with Crippen LogP contribution in [0, 0.1) is 5.41 Å². The van der Waals surface area contributed by atoms with Gasteiger partial charge in [0.25, 0.3) is 5.56 Å². The second kappa shape index (κ2) is 12.5. The van der Waals surface area contributed by atoms with Gasteiger partial charge in [-0.2, -0.15) is 0 Å². The number of rotatable bonds is 9. The first-order valence-corrected chi connectivity index (χ1v) is 12.7. The lowest BCUT2D eigenvalue weighted by Crippen LogP contribution is -2.32. The SMILES string of the molecule is CC(C)Nc1ncc(-c2cc(N)cc(NC(=O)Nc3ccccc3)c2)n(CC(=O)Nc2ccc(C(=N)N)cc2)c1=O. The standard InChI is InChI=1S/C29H31N9O3/c1-17(2)34-27-28(40)38(16-25(39)35-22-10-8-18(9-11-22)26(31)32)24(15-33-27)19-12-20(30)14-23(13-19)37-29(41)36-21-6-4-3-5-7-21/h3-15,17H,16,30H2,1-2H3,(H3,31,32)(H,33,34)(H,35,39)(H2,36,37,41). The second-order valence-electron chi connectivity index (χ2n) is 9.51. The average molecular weight is 554 g/mol. The van der Waals surface area contributed by atoms with Crippen molar-refractivity contribution in [3.05, 3.63) is 94.9 Å². The summed E-state index contributed by atoms with van der Waals surface area (Å²) in [6.07, 6.45) is 1.48. The predicted molar refractivity (Wildman–Crippen MR) is 162 cm³/mol. The van der Waals surface area contributed by atoms with Crippen molar-refractivity contribution in [2.24, 2.45) is 5.73 Å². The number of nitrogens with two attached hydrogens (primary N) is 2. The monoisotopic (exact) mass is 553 g/mol. The van der Waals surface area contributed by atoms with Crippen molar-refractivity contribution in [3.63, 3.8) is 0 Å². The van der Waals surface area contributed by atoms with E-state index in [-0.39, 0.29) is 24.2 Å². The van der Waals surface area contributed by atoms with Gasteiger partial charge in [-0.1, -0.05) is 18.2 Å². The number of amidine groups is 1. The number of nitrogen functional groups attached to an aromatic ring is 2. The fourth-order valence-corrected chi connectivity index (χ4v) is 4.01. The van der Waals surface area contributed by atoms with E-state index < -0.39 is 17.5 Å². The Bertz CT molecular complexity index is 1630. The van der Waals surface area contributed by atoms with Crippen LogP contribution in [0.2, 0.25) is 0 Å². The van der Waals surface area contributed by atoms with Crippen molar-refractivity contribution < 1.29 is 9.59 Å². The molecule has 0 unspecified atom stereocenters. The molecule has 12 heteroatoms. The topological polar surface area (TPSA) is 193 Å². The van der Waals surface area contributed by atoms with Crippen molar-refractivity contribution in [1.82, 2.24) is 9.55 Å². The molecule has 0 saturated carbocycles. The molecule has 1 heterocycles. The van der Waals surface area contributed by atoms with Gasteiger partial charge in [-0.15, -0.1) is 0 Å². The van der Waals surface area contributed by atoms with Gasteiger partial charge in [0.15, 0.2) is 5.82 Å². The van der Waals surface area contributed by atoms with Gasteiger partial charge in [0.1, 0.15) is 12.4 Å². The highest BCUT2D eigenvalue weighted by Gasteiger charge is 2.17. The van der Waals surface area contributed by atoms with Crippen LogP contribution in [0.1, 0.15) is 19.4 Å². The van der Waals surface area contributed by atoms with Gasteiger partial charge < -0.3 is 32.7 Å². The zero-order valence-corrected chi connectivity index (χ0v) is 22.6. The highest BCUT2D eigenvalue weighted by atomic mass is 16.2. The largest absolute Gasteiger partial charge is 0.399 e. The Kier molecular flexibility index (Phi) is 8.63. The van der Waals surface area contributed by atoms with E-state index in [1.165, 1.54) is 10.8 Å². The summed E-state index contributed by atoms with van der Waals surface area (Å²) in [4.78, 5) is 43.4. The maximum Gasteiger partial charge on any atom is 0.323 e. The summed E-state index contributed by atoms with van der Waals surface area (Å²) in [7, 11) is 0. The van der Waals surface area contributed by atoms with Gasteiger partial charge >= 0.3 is 6.03 Å². The third kappa shape index (κ3) is 7.47. The van der Waals surface area contributed by atoms with Gasteiger partial charge in [0.05, 0.1) is 11.9 Å². The third-order valence-electron chi connectivity index (χ3n) is 5.80. The summed E-state index contributed by atoms with van der Waals surface area (Å²) in [6.45, 7) is 3.41. The molecular formula is C29H31N9O3. The van der Waals surface area contributed by atoms with Crippen LogP contribution in [0.5, 0.6) is 0 Å². The van der Waals surface area contributed by atoms with E-state index in [9.17, 15) is 14.4 Å². The van der Waals surface area contributed by atoms with E-state index in [0.717, 1.165) is 0 Å². The van der Waals surface area contributed by atoms with Crippen LogP contribution in [-0.4, -0.2) is 33.4 Å². The van der Waals surface area contributed by atoms with Crippen molar-refractivity contribution >= 4 is 46.3 Å². The van der Waals surface area contributed by atoms with Crippen LogP contribution in [0.15, 0.2) is 83.8 Å². The Hall–Kier alpha value is -5.65. The Balaban J connectivity index is 1.64. The Labute approximate surface area is 236 Å². The minimum atomic E-state index is -0.503. The van der Waals surface area contributed by atoms with Gasteiger partial charge in [-0.25, -0.2) is 9.78 Å². The van der Waals surface area contributed by atoms with Gasteiger partial charge in [-0.05, 0) is 68.4 Å². The zero-order valence-electron chi connectivity index (χ0n) is 22.6. The summed E-state index contributed by atoms with van der Waals surface area (Å²) in [5, 5.41) is 18.8. The van der Waals surface area contributed by atoms with Crippen LogP contribution in [-0.2, 0) is 11.3 Å². The molecule has 9 N–H and O–H groups in total. The molecule has 0 atom stereocenters. The lowest BCUT2D eigenvalue weighted by molar-refractivity contribution is -0.116. The van der Waals surface area contributed by atoms with Crippen molar-refractivity contribution in [2.75, 3.05) is 27.0 Å². The van der Waals surface area contributed by atoms with Gasteiger partial charge in [0, 0.05) is 39.9 Å². The lowest BCUT2D eigenvalue weighted by atomic mass is 10.1. The highest BCUT2D eigenvalue weighted by molar-refractivity contribution is 6.00. The quantitative estimate of drug-likeness (QED) is 0.0928. The maximum absolute atomic E-state index is 13.5. The minimum Gasteiger partial charge on any atom is -0.399 e. The molecule has 12 nitrogen and oxygen atoms in total. The molecule has 0 fully saturated rings. The molecule has 0 spiro atoms. The number of nitrogens with one attached hydrogen (secondary N) is 5. The molecule has 3 aromatic carbocycles. The number of nitrogens with zero attached hydrogens (tertiary/aromatic N) is 2. The molecule has 0 aliphatic rings. The third-order valence-corrected chi connectivity index (χ3v) is 5.80. The molecule has 210 valence electrons. The molecule has 0 radical (unpaired) electrons. The first kappa shape index (κ1) is 28.4. The number of para-hydroxylation sites is 1. The van der Waals surface area contributed by atoms with Crippen molar-refractivity contribution in [1.29, 1.82) is 5.41 Å². The van der Waals surface area contributed by atoms with Crippen molar-refractivity contribution in [3.8, 4) is 11.3 Å². The number of amides is 3. The highest BCUT2D eigenvalue weighted by Crippen LogP contribution is 2.26. The van der Waals surface area contributed by atoms with E-state index in [1.807, 2.05) is 19.9 Å². The molecule has 0 aliphatic carbocycles. The Morgan fingerprint density at radius 3 is 2.24 bits per heavy atom. The Morgan fingerprint density at radius 1 is 0.927 bits per heavy atom. The average Bonchev–Trinajstić information content (AvgIpc) is 2.91. The van der Waals surface area contributed by atoms with E-state index in [4.69, 9.17) is 16.9 Å². The van der Waals surface area contributed by atoms with E-state index in [1.54, 1.807) is 66.7 Å². The predicted octanol–water partition coefficient (Wildman–Crippen LogP) is 3.88. The number of carbonyl (C=O) groups is 2. The number of hydrogen-bond donors (Lipinski definition) is 7. The van der Waals surface area contributed by atoms with Crippen LogP contribution in [0.25, 0.3) is 11.3 Å². The van der Waals surface area contributed by atoms with Crippen LogP contribution in [0.3, 0.4) is 0 Å². The number of benzene rings is 3. The molecule has 0 bridgehead atoms. The number of carbonyl (C=O) groups excluding carboxylic acids is 2. The molecule has 0 aliphatic heterocycles. The molecule has 41 heavy (non-hydrogen) atoms. The molecule has 1 aromatic heterocycles. The molecular weight excluding hydrogens is 522 g/mol. The molecule has 4 rings (SSSR count). The van der Waals surface area contributed by atoms with Crippen LogP contribution >= 0.6 is 0 Å². The van der Waals surface area contributed by atoms with Gasteiger partial charge in [-0.3, -0.25) is 19.6 Å². The smallest absolute Gasteiger partial charge is 0.323 e. The summed E-state index contributed by atoms with van der Waals surface area (Å²) in [6, 6.07) is 19.7. The fraction of sp³-hybridized carbons (Fsp3) is 0.138. The van der Waals surface area contributed by atoms with E-state index >= 15 is 0 Å². The maximum atomic E-state index is 13.5.